The molecule has 5 heteroatoms. The van der Waals surface area contributed by atoms with Crippen molar-refractivity contribution < 1.29 is 13.2 Å². The predicted molar refractivity (Wildman–Crippen MR) is 71.6 cm³/mol. The first kappa shape index (κ1) is 13.4. The molecule has 2 unspecified atom stereocenters. The van der Waals surface area contributed by atoms with Gasteiger partial charge in [0.1, 0.15) is 11.9 Å². The maximum atomic E-state index is 11.9. The van der Waals surface area contributed by atoms with Crippen LogP contribution in [0.4, 0.5) is 0 Å². The molecule has 0 saturated heterocycles. The van der Waals surface area contributed by atoms with E-state index < -0.39 is 9.84 Å². The first-order chi connectivity index (χ1) is 8.35. The fourth-order valence-corrected chi connectivity index (χ4v) is 3.98. The van der Waals surface area contributed by atoms with Gasteiger partial charge in [0.25, 0.3) is 0 Å². The zero-order chi connectivity index (χ0) is 13.3. The average molecular weight is 269 g/mol. The molecule has 0 aliphatic carbocycles. The zero-order valence-corrected chi connectivity index (χ0v) is 11.5. The van der Waals surface area contributed by atoms with Gasteiger partial charge in [-0.1, -0.05) is 17.7 Å². The van der Waals surface area contributed by atoms with Gasteiger partial charge < -0.3 is 10.5 Å². The first-order valence-electron chi connectivity index (χ1n) is 6.08. The van der Waals surface area contributed by atoms with Gasteiger partial charge in [0.15, 0.2) is 9.84 Å². The van der Waals surface area contributed by atoms with Crippen LogP contribution in [0, 0.1) is 6.92 Å². The average Bonchev–Trinajstić information content (AvgIpc) is 2.55. The Morgan fingerprint density at radius 3 is 2.89 bits per heavy atom. The molecular weight excluding hydrogens is 250 g/mol. The van der Waals surface area contributed by atoms with Crippen LogP contribution in [-0.4, -0.2) is 32.1 Å². The Balaban J connectivity index is 2.04. The minimum atomic E-state index is -3.14. The lowest BCUT2D eigenvalue weighted by atomic mass is 10.1. The van der Waals surface area contributed by atoms with Gasteiger partial charge in [-0.15, -0.1) is 0 Å². The molecule has 0 amide bonds. The highest BCUT2D eigenvalue weighted by Gasteiger charge is 2.28. The fraction of sp³-hybridized carbons (Fsp3) is 0.538. The van der Waals surface area contributed by atoms with E-state index in [2.05, 4.69) is 0 Å². The Labute approximate surface area is 108 Å². The van der Waals surface area contributed by atoms with E-state index in [0.717, 1.165) is 16.9 Å². The van der Waals surface area contributed by atoms with Crippen molar-refractivity contribution in [1.29, 1.82) is 0 Å². The Morgan fingerprint density at radius 2 is 2.22 bits per heavy atom. The second-order valence-corrected chi connectivity index (χ2v) is 7.26. The van der Waals surface area contributed by atoms with E-state index in [-0.39, 0.29) is 23.7 Å². The van der Waals surface area contributed by atoms with Crippen molar-refractivity contribution in [2.24, 2.45) is 5.73 Å². The summed E-state index contributed by atoms with van der Waals surface area (Å²) in [5.74, 6) is 0.867. The third-order valence-electron chi connectivity index (χ3n) is 2.91. The molecule has 1 aromatic rings. The monoisotopic (exact) mass is 269 g/mol. The SMILES string of the molecule is Cc1ccc2c(c1)CC(CS(=O)(=O)CC(C)N)O2. The van der Waals surface area contributed by atoms with Crippen LogP contribution in [-0.2, 0) is 16.3 Å². The molecular formula is C13H19NO3S. The molecule has 0 bridgehead atoms. The summed E-state index contributed by atoms with van der Waals surface area (Å²) in [4.78, 5) is 0. The summed E-state index contributed by atoms with van der Waals surface area (Å²) in [6.07, 6.45) is 0.389. The maximum absolute atomic E-state index is 11.9. The summed E-state index contributed by atoms with van der Waals surface area (Å²) in [6.45, 7) is 3.71. The van der Waals surface area contributed by atoms with Crippen molar-refractivity contribution in [2.75, 3.05) is 11.5 Å². The number of nitrogens with two attached hydrogens (primary N) is 1. The molecule has 2 atom stereocenters. The molecule has 4 nitrogen and oxygen atoms in total. The summed E-state index contributed by atoms with van der Waals surface area (Å²) in [5, 5.41) is 0. The molecule has 1 heterocycles. The van der Waals surface area contributed by atoms with Crippen LogP contribution in [0.15, 0.2) is 18.2 Å². The highest BCUT2D eigenvalue weighted by Crippen LogP contribution is 2.30. The number of benzene rings is 1. The summed E-state index contributed by atoms with van der Waals surface area (Å²) < 4.78 is 29.4. The van der Waals surface area contributed by atoms with E-state index in [9.17, 15) is 8.42 Å². The van der Waals surface area contributed by atoms with Crippen molar-refractivity contribution in [3.63, 3.8) is 0 Å². The van der Waals surface area contributed by atoms with Gasteiger partial charge in [0.2, 0.25) is 0 Å². The van der Waals surface area contributed by atoms with Crippen LogP contribution in [0.1, 0.15) is 18.1 Å². The van der Waals surface area contributed by atoms with Crippen molar-refractivity contribution in [1.82, 2.24) is 0 Å². The lowest BCUT2D eigenvalue weighted by Crippen LogP contribution is -2.33. The number of aryl methyl sites for hydroxylation is 1. The van der Waals surface area contributed by atoms with E-state index in [1.54, 1.807) is 6.92 Å². The molecule has 0 fully saturated rings. The van der Waals surface area contributed by atoms with Gasteiger partial charge in [0, 0.05) is 12.5 Å². The van der Waals surface area contributed by atoms with Crippen LogP contribution in [0.3, 0.4) is 0 Å². The smallest absolute Gasteiger partial charge is 0.155 e. The van der Waals surface area contributed by atoms with Crippen LogP contribution < -0.4 is 10.5 Å². The third kappa shape index (κ3) is 3.23. The summed E-state index contributed by atoms with van der Waals surface area (Å²) in [6, 6.07) is 5.59. The number of rotatable bonds is 4. The van der Waals surface area contributed by atoms with E-state index in [1.807, 2.05) is 25.1 Å². The predicted octanol–water partition coefficient (Wildman–Crippen LogP) is 1.06. The molecule has 0 saturated carbocycles. The lowest BCUT2D eigenvalue weighted by molar-refractivity contribution is 0.256. The van der Waals surface area contributed by atoms with Crippen molar-refractivity contribution in [3.8, 4) is 5.75 Å². The number of hydrogen-bond acceptors (Lipinski definition) is 4. The molecule has 0 radical (unpaired) electrons. The van der Waals surface area contributed by atoms with Gasteiger partial charge in [-0.05, 0) is 25.5 Å². The number of ether oxygens (including phenoxy) is 1. The van der Waals surface area contributed by atoms with Crippen molar-refractivity contribution >= 4 is 9.84 Å². The molecule has 1 aliphatic heterocycles. The zero-order valence-electron chi connectivity index (χ0n) is 10.7. The van der Waals surface area contributed by atoms with Crippen molar-refractivity contribution in [3.05, 3.63) is 29.3 Å². The van der Waals surface area contributed by atoms with Crippen LogP contribution in [0.2, 0.25) is 0 Å². The second kappa shape index (κ2) is 4.90. The highest BCUT2D eigenvalue weighted by molar-refractivity contribution is 7.91. The number of fused-ring (bicyclic) bond motifs is 1. The lowest BCUT2D eigenvalue weighted by Gasteiger charge is -2.12. The fourth-order valence-electron chi connectivity index (χ4n) is 2.29. The Morgan fingerprint density at radius 1 is 1.50 bits per heavy atom. The second-order valence-electron chi connectivity index (χ2n) is 5.11. The molecule has 0 aromatic heterocycles. The molecule has 2 rings (SSSR count). The largest absolute Gasteiger partial charge is 0.489 e. The maximum Gasteiger partial charge on any atom is 0.155 e. The summed E-state index contributed by atoms with van der Waals surface area (Å²) >= 11 is 0. The van der Waals surface area contributed by atoms with E-state index in [4.69, 9.17) is 10.5 Å². The van der Waals surface area contributed by atoms with Gasteiger partial charge in [-0.25, -0.2) is 8.42 Å². The van der Waals surface area contributed by atoms with E-state index >= 15 is 0 Å². The molecule has 2 N–H and O–H groups in total. The molecule has 18 heavy (non-hydrogen) atoms. The molecule has 0 spiro atoms. The quantitative estimate of drug-likeness (QED) is 0.887. The Kier molecular flexibility index (Phi) is 3.64. The van der Waals surface area contributed by atoms with Crippen molar-refractivity contribution in [2.45, 2.75) is 32.4 Å². The van der Waals surface area contributed by atoms with Crippen LogP contribution >= 0.6 is 0 Å². The van der Waals surface area contributed by atoms with Gasteiger partial charge in [0.05, 0.1) is 11.5 Å². The van der Waals surface area contributed by atoms with E-state index in [1.165, 1.54) is 0 Å². The van der Waals surface area contributed by atoms with Gasteiger partial charge >= 0.3 is 0 Å². The number of hydrogen-bond donors (Lipinski definition) is 1. The molecule has 100 valence electrons. The Bertz CT molecular complexity index is 537. The minimum Gasteiger partial charge on any atom is -0.489 e. The van der Waals surface area contributed by atoms with Crippen LogP contribution in [0.5, 0.6) is 5.75 Å². The first-order valence-corrected chi connectivity index (χ1v) is 7.90. The summed E-state index contributed by atoms with van der Waals surface area (Å²) in [7, 11) is -3.14. The van der Waals surface area contributed by atoms with E-state index in [0.29, 0.717) is 6.42 Å². The normalized spacial score (nSPS) is 20.3. The van der Waals surface area contributed by atoms with Gasteiger partial charge in [-0.2, -0.15) is 0 Å². The molecule has 1 aromatic carbocycles. The van der Waals surface area contributed by atoms with Crippen LogP contribution in [0.25, 0.3) is 0 Å². The molecule has 1 aliphatic rings. The standard InChI is InChI=1S/C13H19NO3S/c1-9-3-4-13-11(5-9)6-12(17-13)8-18(15,16)7-10(2)14/h3-5,10,12H,6-8,14H2,1-2H3. The topological polar surface area (TPSA) is 69.4 Å². The third-order valence-corrected chi connectivity index (χ3v) is 4.83. The highest BCUT2D eigenvalue weighted by atomic mass is 32.2. The number of sulfone groups is 1. The summed E-state index contributed by atoms with van der Waals surface area (Å²) in [5.41, 5.74) is 7.79. The van der Waals surface area contributed by atoms with Gasteiger partial charge in [-0.3, -0.25) is 0 Å². The Hall–Kier alpha value is -1.07. The minimum absolute atomic E-state index is 0.0161.